The number of aromatic nitrogens is 2. The van der Waals surface area contributed by atoms with Gasteiger partial charge in [-0.15, -0.1) is 0 Å². The number of nitrogens with one attached hydrogen (secondary N) is 2. The maximum absolute atomic E-state index is 12.3. The van der Waals surface area contributed by atoms with E-state index >= 15 is 0 Å². The highest BCUT2D eigenvalue weighted by atomic mass is 16.5. The molecular weight excluding hydrogens is 322 g/mol. The summed E-state index contributed by atoms with van der Waals surface area (Å²) in [6.07, 6.45) is 2.91. The third kappa shape index (κ3) is 3.99. The van der Waals surface area contributed by atoms with Gasteiger partial charge in [0.05, 0.1) is 12.1 Å². The first kappa shape index (κ1) is 17.0. The van der Waals surface area contributed by atoms with Gasteiger partial charge in [0.25, 0.3) is 5.91 Å². The molecule has 1 aromatic heterocycles. The number of carboxylic acid groups (broad SMARTS) is 1. The number of hydrogen-bond acceptors (Lipinski definition) is 4. The zero-order chi connectivity index (χ0) is 17.8. The fourth-order valence-corrected chi connectivity index (χ4v) is 2.99. The Morgan fingerprint density at radius 3 is 3.08 bits per heavy atom. The Morgan fingerprint density at radius 1 is 1.44 bits per heavy atom. The van der Waals surface area contributed by atoms with Crippen LogP contribution < -0.4 is 10.1 Å². The molecule has 7 heteroatoms. The van der Waals surface area contributed by atoms with Crippen molar-refractivity contribution >= 4 is 11.9 Å². The standard InChI is InChI=1S/C18H21N3O4/c1-11-5-6-15-14(9-11)16(21-20-15)17(22)19-7-8-25-13-4-2-3-12(10-13)18(23)24/h2-4,10-11H,5-9H2,1H3,(H,19,22)(H,20,21)(H,23,24). The molecule has 0 radical (unpaired) electrons. The topological polar surface area (TPSA) is 104 Å². The molecule has 1 aromatic carbocycles. The fourth-order valence-electron chi connectivity index (χ4n) is 2.99. The molecule has 0 saturated heterocycles. The Labute approximate surface area is 145 Å². The maximum atomic E-state index is 12.3. The van der Waals surface area contributed by atoms with Gasteiger partial charge in [0.1, 0.15) is 12.4 Å². The van der Waals surface area contributed by atoms with Crippen molar-refractivity contribution in [1.82, 2.24) is 15.5 Å². The summed E-state index contributed by atoms with van der Waals surface area (Å²) in [5.74, 6) is -0.201. The molecule has 0 spiro atoms. The number of carbonyl (C=O) groups excluding carboxylic acids is 1. The van der Waals surface area contributed by atoms with Crippen molar-refractivity contribution in [2.75, 3.05) is 13.2 Å². The second-order valence-corrected chi connectivity index (χ2v) is 6.31. The Balaban J connectivity index is 1.51. The summed E-state index contributed by atoms with van der Waals surface area (Å²) < 4.78 is 5.49. The number of aryl methyl sites for hydroxylation is 1. The first-order valence-electron chi connectivity index (χ1n) is 8.35. The van der Waals surface area contributed by atoms with Gasteiger partial charge in [0.15, 0.2) is 5.69 Å². The van der Waals surface area contributed by atoms with Crippen LogP contribution in [0.2, 0.25) is 0 Å². The molecule has 1 unspecified atom stereocenters. The molecule has 0 bridgehead atoms. The van der Waals surface area contributed by atoms with Crippen molar-refractivity contribution in [3.8, 4) is 5.75 Å². The van der Waals surface area contributed by atoms with Gasteiger partial charge in [-0.3, -0.25) is 9.89 Å². The first-order chi connectivity index (χ1) is 12.0. The van der Waals surface area contributed by atoms with E-state index in [2.05, 4.69) is 22.4 Å². The third-order valence-electron chi connectivity index (χ3n) is 4.34. The molecule has 1 atom stereocenters. The van der Waals surface area contributed by atoms with Crippen LogP contribution in [0, 0.1) is 5.92 Å². The van der Waals surface area contributed by atoms with E-state index in [1.54, 1.807) is 12.1 Å². The van der Waals surface area contributed by atoms with Crippen LogP contribution in [-0.4, -0.2) is 40.3 Å². The van der Waals surface area contributed by atoms with Crippen LogP contribution in [0.15, 0.2) is 24.3 Å². The van der Waals surface area contributed by atoms with Crippen LogP contribution in [0.4, 0.5) is 0 Å². The predicted octanol–water partition coefficient (Wildman–Crippen LogP) is 2.04. The van der Waals surface area contributed by atoms with Crippen molar-refractivity contribution in [3.63, 3.8) is 0 Å². The molecule has 1 aliphatic carbocycles. The van der Waals surface area contributed by atoms with Gasteiger partial charge in [-0.1, -0.05) is 13.0 Å². The molecular formula is C18H21N3O4. The number of nitrogens with zero attached hydrogens (tertiary/aromatic N) is 1. The van der Waals surface area contributed by atoms with Gasteiger partial charge in [0.2, 0.25) is 0 Å². The summed E-state index contributed by atoms with van der Waals surface area (Å²) in [5, 5.41) is 18.9. The highest BCUT2D eigenvalue weighted by molar-refractivity contribution is 5.94. The van der Waals surface area contributed by atoms with Gasteiger partial charge in [-0.05, 0) is 43.4 Å². The number of amides is 1. The SMILES string of the molecule is CC1CCc2[nH]nc(C(=O)NCCOc3cccc(C(=O)O)c3)c2C1. The summed E-state index contributed by atoms with van der Waals surface area (Å²) in [6.45, 7) is 2.74. The minimum atomic E-state index is -1.00. The molecule has 0 fully saturated rings. The van der Waals surface area contributed by atoms with E-state index in [4.69, 9.17) is 9.84 Å². The van der Waals surface area contributed by atoms with Crippen LogP contribution in [0.1, 0.15) is 45.4 Å². The van der Waals surface area contributed by atoms with Crippen LogP contribution in [0.3, 0.4) is 0 Å². The lowest BCUT2D eigenvalue weighted by Gasteiger charge is -2.18. The summed E-state index contributed by atoms with van der Waals surface area (Å²) in [6, 6.07) is 6.25. The van der Waals surface area contributed by atoms with E-state index in [-0.39, 0.29) is 18.1 Å². The average molecular weight is 343 g/mol. The van der Waals surface area contributed by atoms with Crippen LogP contribution >= 0.6 is 0 Å². The van der Waals surface area contributed by atoms with Crippen molar-refractivity contribution in [2.45, 2.75) is 26.2 Å². The smallest absolute Gasteiger partial charge is 0.335 e. The number of H-pyrrole nitrogens is 1. The number of carbonyl (C=O) groups is 2. The normalized spacial score (nSPS) is 16.1. The Hall–Kier alpha value is -2.83. The molecule has 25 heavy (non-hydrogen) atoms. The molecule has 3 N–H and O–H groups in total. The lowest BCUT2D eigenvalue weighted by Crippen LogP contribution is -2.29. The summed E-state index contributed by atoms with van der Waals surface area (Å²) in [7, 11) is 0. The van der Waals surface area contributed by atoms with Gasteiger partial charge in [-0.2, -0.15) is 5.10 Å². The third-order valence-corrected chi connectivity index (χ3v) is 4.34. The van der Waals surface area contributed by atoms with Gasteiger partial charge in [-0.25, -0.2) is 4.79 Å². The van der Waals surface area contributed by atoms with Gasteiger partial charge < -0.3 is 15.2 Å². The van der Waals surface area contributed by atoms with Crippen molar-refractivity contribution in [2.24, 2.45) is 5.92 Å². The average Bonchev–Trinajstić information content (AvgIpc) is 3.02. The molecule has 0 saturated carbocycles. The molecule has 3 rings (SSSR count). The summed E-state index contributed by atoms with van der Waals surface area (Å²) >= 11 is 0. The predicted molar refractivity (Wildman–Crippen MR) is 91.0 cm³/mol. The molecule has 0 aliphatic heterocycles. The number of carboxylic acids is 1. The highest BCUT2D eigenvalue weighted by Gasteiger charge is 2.24. The number of aromatic amines is 1. The van der Waals surface area contributed by atoms with E-state index < -0.39 is 5.97 Å². The number of ether oxygens (including phenoxy) is 1. The number of hydrogen-bond donors (Lipinski definition) is 3. The number of benzene rings is 1. The molecule has 7 nitrogen and oxygen atoms in total. The highest BCUT2D eigenvalue weighted by Crippen LogP contribution is 2.26. The van der Waals surface area contributed by atoms with Crippen molar-refractivity contribution < 1.29 is 19.4 Å². The van der Waals surface area contributed by atoms with Gasteiger partial charge in [0, 0.05) is 11.3 Å². The molecule has 2 aromatic rings. The number of fused-ring (bicyclic) bond motifs is 1. The minimum absolute atomic E-state index is 0.166. The monoisotopic (exact) mass is 343 g/mol. The quantitative estimate of drug-likeness (QED) is 0.696. The van der Waals surface area contributed by atoms with Gasteiger partial charge >= 0.3 is 5.97 Å². The zero-order valence-corrected chi connectivity index (χ0v) is 14.0. The van der Waals surface area contributed by atoms with E-state index in [0.717, 1.165) is 30.5 Å². The molecule has 1 heterocycles. The second kappa shape index (κ2) is 7.38. The van der Waals surface area contributed by atoms with Crippen LogP contribution in [0.5, 0.6) is 5.75 Å². The summed E-state index contributed by atoms with van der Waals surface area (Å²) in [5.41, 5.74) is 2.71. The lowest BCUT2D eigenvalue weighted by atomic mass is 9.88. The molecule has 1 amide bonds. The van der Waals surface area contributed by atoms with Crippen molar-refractivity contribution in [3.05, 3.63) is 46.8 Å². The van der Waals surface area contributed by atoms with Crippen LogP contribution in [-0.2, 0) is 12.8 Å². The molecule has 132 valence electrons. The van der Waals surface area contributed by atoms with E-state index in [9.17, 15) is 9.59 Å². The Morgan fingerprint density at radius 2 is 2.28 bits per heavy atom. The summed E-state index contributed by atoms with van der Waals surface area (Å²) in [4.78, 5) is 23.2. The maximum Gasteiger partial charge on any atom is 0.335 e. The van der Waals surface area contributed by atoms with Crippen molar-refractivity contribution in [1.29, 1.82) is 0 Å². The van der Waals surface area contributed by atoms with E-state index in [0.29, 0.717) is 23.9 Å². The largest absolute Gasteiger partial charge is 0.492 e. The lowest BCUT2D eigenvalue weighted by molar-refractivity contribution is 0.0696. The zero-order valence-electron chi connectivity index (χ0n) is 14.0. The van der Waals surface area contributed by atoms with E-state index in [1.165, 1.54) is 12.1 Å². The number of rotatable bonds is 6. The Kier molecular flexibility index (Phi) is 5.02. The molecule has 1 aliphatic rings. The number of aromatic carboxylic acids is 1. The fraction of sp³-hybridized carbons (Fsp3) is 0.389. The van der Waals surface area contributed by atoms with E-state index in [1.807, 2.05) is 0 Å². The minimum Gasteiger partial charge on any atom is -0.492 e. The second-order valence-electron chi connectivity index (χ2n) is 6.31. The Bertz CT molecular complexity index is 784. The first-order valence-corrected chi connectivity index (χ1v) is 8.35. The van der Waals surface area contributed by atoms with Crippen LogP contribution in [0.25, 0.3) is 0 Å².